The smallest absolute Gasteiger partial charge is 0.191 e. The van der Waals surface area contributed by atoms with Crippen molar-refractivity contribution in [2.24, 2.45) is 12.0 Å². The summed E-state index contributed by atoms with van der Waals surface area (Å²) in [5.74, 6) is 2.60. The van der Waals surface area contributed by atoms with Crippen LogP contribution in [0, 0.1) is 6.92 Å². The van der Waals surface area contributed by atoms with Crippen molar-refractivity contribution in [2.75, 3.05) is 6.54 Å². The highest BCUT2D eigenvalue weighted by Gasteiger charge is 2.15. The number of aryl methyl sites for hydroxylation is 1. The molecular weight excluding hydrogens is 487 g/mol. The first kappa shape index (κ1) is 22.9. The van der Waals surface area contributed by atoms with Gasteiger partial charge in [0.15, 0.2) is 11.8 Å². The lowest BCUT2D eigenvalue weighted by Crippen LogP contribution is -2.44. The molecule has 0 unspecified atom stereocenters. The fourth-order valence-corrected chi connectivity index (χ4v) is 3.58. The number of hydrogen-bond acceptors (Lipinski definition) is 3. The summed E-state index contributed by atoms with van der Waals surface area (Å²) in [6, 6.07) is 8.47. The van der Waals surface area contributed by atoms with Gasteiger partial charge >= 0.3 is 0 Å². The monoisotopic (exact) mass is 516 g/mol. The molecule has 1 fully saturated rings. The Hall–Kier alpha value is -1.35. The van der Waals surface area contributed by atoms with Crippen molar-refractivity contribution in [1.29, 1.82) is 0 Å². The fourth-order valence-electron chi connectivity index (χ4n) is 3.35. The summed E-state index contributed by atoms with van der Waals surface area (Å²) in [6.45, 7) is 3.23. The molecule has 0 spiro atoms. The molecule has 28 heavy (non-hydrogen) atoms. The molecule has 1 aromatic carbocycles. The predicted octanol–water partition coefficient (Wildman–Crippen LogP) is 4.01. The van der Waals surface area contributed by atoms with Gasteiger partial charge < -0.3 is 15.2 Å². The molecule has 0 saturated heterocycles. The molecule has 0 radical (unpaired) electrons. The van der Waals surface area contributed by atoms with E-state index in [-0.39, 0.29) is 24.0 Å². The third-order valence-corrected chi connectivity index (χ3v) is 5.52. The summed E-state index contributed by atoms with van der Waals surface area (Å²) in [6.07, 6.45) is 7.17. The Morgan fingerprint density at radius 1 is 1.21 bits per heavy atom. The Labute approximate surface area is 189 Å². The number of hydrogen-bond donors (Lipinski definition) is 2. The number of nitrogens with zero attached hydrogens (tertiary/aromatic N) is 4. The molecule has 0 amide bonds. The first-order chi connectivity index (χ1) is 13.1. The largest absolute Gasteiger partial charge is 0.356 e. The molecule has 0 bridgehead atoms. The molecular formula is C20H30ClIN6. The number of aromatic nitrogens is 3. The third-order valence-electron chi connectivity index (χ3n) is 5.15. The standard InChI is InChI=1S/C20H29ClN6.HI/c1-15-25-26-19(27(15)2)14-23-20(24-17-9-4-3-5-10-17)22-13-12-16-8-6-7-11-18(16)21;/h6-8,11,17H,3-5,9-10,12-14H2,1-2H3,(H2,22,23,24);1H. The topological polar surface area (TPSA) is 67.1 Å². The van der Waals surface area contributed by atoms with Crippen LogP contribution in [0.1, 0.15) is 49.3 Å². The highest BCUT2D eigenvalue weighted by atomic mass is 127. The van der Waals surface area contributed by atoms with E-state index in [1.807, 2.05) is 36.7 Å². The molecule has 1 saturated carbocycles. The van der Waals surface area contributed by atoms with Gasteiger partial charge in [-0.05, 0) is 37.8 Å². The summed E-state index contributed by atoms with van der Waals surface area (Å²) in [5.41, 5.74) is 1.15. The molecule has 3 rings (SSSR count). The Morgan fingerprint density at radius 2 is 1.96 bits per heavy atom. The number of nitrogens with one attached hydrogen (secondary N) is 2. The third kappa shape index (κ3) is 6.62. The van der Waals surface area contributed by atoms with Crippen LogP contribution < -0.4 is 10.6 Å². The average Bonchev–Trinajstić information content (AvgIpc) is 3.00. The summed E-state index contributed by atoms with van der Waals surface area (Å²) in [4.78, 5) is 4.75. The second-order valence-electron chi connectivity index (χ2n) is 7.13. The number of guanidine groups is 1. The van der Waals surface area contributed by atoms with Crippen LogP contribution in [0.15, 0.2) is 29.3 Å². The van der Waals surface area contributed by atoms with E-state index in [1.165, 1.54) is 32.1 Å². The zero-order valence-electron chi connectivity index (χ0n) is 16.6. The quantitative estimate of drug-likeness (QED) is 0.346. The molecule has 154 valence electrons. The van der Waals surface area contributed by atoms with Crippen molar-refractivity contribution >= 4 is 41.5 Å². The van der Waals surface area contributed by atoms with E-state index < -0.39 is 0 Å². The van der Waals surface area contributed by atoms with Crippen LogP contribution in [0.2, 0.25) is 5.02 Å². The first-order valence-corrected chi connectivity index (χ1v) is 10.1. The van der Waals surface area contributed by atoms with Gasteiger partial charge in [-0.3, -0.25) is 0 Å². The summed E-state index contributed by atoms with van der Waals surface area (Å²) in [7, 11) is 1.97. The van der Waals surface area contributed by atoms with Crippen LogP contribution in [0.25, 0.3) is 0 Å². The highest BCUT2D eigenvalue weighted by Crippen LogP contribution is 2.17. The van der Waals surface area contributed by atoms with Gasteiger partial charge in [0.05, 0.1) is 0 Å². The lowest BCUT2D eigenvalue weighted by molar-refractivity contribution is 0.410. The minimum absolute atomic E-state index is 0. The van der Waals surface area contributed by atoms with Gasteiger partial charge in [0.25, 0.3) is 0 Å². The van der Waals surface area contributed by atoms with E-state index in [2.05, 4.69) is 26.9 Å². The molecule has 8 heteroatoms. The predicted molar refractivity (Wildman–Crippen MR) is 125 cm³/mol. The van der Waals surface area contributed by atoms with E-state index in [0.717, 1.165) is 41.2 Å². The second kappa shape index (κ2) is 11.6. The summed E-state index contributed by atoms with van der Waals surface area (Å²) < 4.78 is 1.98. The van der Waals surface area contributed by atoms with Crippen molar-refractivity contribution in [1.82, 2.24) is 25.4 Å². The van der Waals surface area contributed by atoms with Crippen LogP contribution in [-0.4, -0.2) is 33.3 Å². The van der Waals surface area contributed by atoms with Crippen molar-refractivity contribution < 1.29 is 0 Å². The first-order valence-electron chi connectivity index (χ1n) is 9.76. The van der Waals surface area contributed by atoms with Crippen LogP contribution in [0.4, 0.5) is 0 Å². The Balaban J connectivity index is 0.00000280. The van der Waals surface area contributed by atoms with Gasteiger partial charge in [0, 0.05) is 24.7 Å². The molecule has 1 aromatic heterocycles. The van der Waals surface area contributed by atoms with Gasteiger partial charge in [-0.1, -0.05) is 49.1 Å². The lowest BCUT2D eigenvalue weighted by Gasteiger charge is -2.25. The van der Waals surface area contributed by atoms with Gasteiger partial charge in [0.2, 0.25) is 0 Å². The Bertz CT molecular complexity index is 770. The normalized spacial score (nSPS) is 15.2. The van der Waals surface area contributed by atoms with E-state index in [4.69, 9.17) is 16.6 Å². The highest BCUT2D eigenvalue weighted by molar-refractivity contribution is 14.0. The van der Waals surface area contributed by atoms with E-state index >= 15 is 0 Å². The van der Waals surface area contributed by atoms with Crippen molar-refractivity contribution in [3.63, 3.8) is 0 Å². The molecule has 2 aromatic rings. The number of aliphatic imine (C=N–C) groups is 1. The number of halogens is 2. The Morgan fingerprint density at radius 3 is 2.64 bits per heavy atom. The van der Waals surface area contributed by atoms with Crippen LogP contribution in [-0.2, 0) is 20.0 Å². The van der Waals surface area contributed by atoms with E-state index in [1.54, 1.807) is 0 Å². The maximum atomic E-state index is 6.26. The van der Waals surface area contributed by atoms with Gasteiger partial charge in [0.1, 0.15) is 12.4 Å². The van der Waals surface area contributed by atoms with Crippen LogP contribution in [0.3, 0.4) is 0 Å². The molecule has 1 heterocycles. The molecule has 6 nitrogen and oxygen atoms in total. The van der Waals surface area contributed by atoms with Crippen molar-refractivity contribution in [2.45, 2.75) is 58.0 Å². The van der Waals surface area contributed by atoms with Crippen molar-refractivity contribution in [3.05, 3.63) is 46.5 Å². The maximum Gasteiger partial charge on any atom is 0.191 e. The molecule has 1 aliphatic carbocycles. The van der Waals surface area contributed by atoms with Crippen molar-refractivity contribution in [3.8, 4) is 0 Å². The summed E-state index contributed by atoms with van der Waals surface area (Å²) in [5, 5.41) is 16.2. The SMILES string of the molecule is Cc1nnc(CN=C(NCCc2ccccc2Cl)NC2CCCCC2)n1C.I. The number of benzene rings is 1. The Kier molecular flexibility index (Phi) is 9.50. The second-order valence-corrected chi connectivity index (χ2v) is 7.54. The van der Waals surface area contributed by atoms with Gasteiger partial charge in [-0.25, -0.2) is 4.99 Å². The minimum atomic E-state index is 0. The lowest BCUT2D eigenvalue weighted by atomic mass is 9.96. The average molecular weight is 517 g/mol. The zero-order chi connectivity index (χ0) is 19.1. The minimum Gasteiger partial charge on any atom is -0.356 e. The zero-order valence-corrected chi connectivity index (χ0v) is 19.7. The molecule has 1 aliphatic rings. The van der Waals surface area contributed by atoms with Gasteiger partial charge in [-0.15, -0.1) is 34.2 Å². The maximum absolute atomic E-state index is 6.26. The van der Waals surface area contributed by atoms with Crippen LogP contribution >= 0.6 is 35.6 Å². The summed E-state index contributed by atoms with van der Waals surface area (Å²) >= 11 is 6.26. The molecule has 2 N–H and O–H groups in total. The number of rotatable bonds is 6. The fraction of sp³-hybridized carbons (Fsp3) is 0.550. The molecule has 0 atom stereocenters. The van der Waals surface area contributed by atoms with E-state index in [0.29, 0.717) is 12.6 Å². The van der Waals surface area contributed by atoms with Gasteiger partial charge in [-0.2, -0.15) is 0 Å². The molecule has 0 aliphatic heterocycles. The van der Waals surface area contributed by atoms with Crippen LogP contribution in [0.5, 0.6) is 0 Å². The van der Waals surface area contributed by atoms with E-state index in [9.17, 15) is 0 Å².